The first-order valence-electron chi connectivity index (χ1n) is 14.7. The van der Waals surface area contributed by atoms with Crippen molar-refractivity contribution in [2.75, 3.05) is 6.54 Å². The summed E-state index contributed by atoms with van der Waals surface area (Å²) in [5, 5.41) is 25.0. The van der Waals surface area contributed by atoms with Crippen LogP contribution in [0.5, 0.6) is 0 Å². The largest absolute Gasteiger partial charge is 0.387 e. The summed E-state index contributed by atoms with van der Waals surface area (Å²) in [4.78, 5) is 14.5. The van der Waals surface area contributed by atoms with Gasteiger partial charge in [0.05, 0.1) is 17.7 Å². The number of nitriles is 1. The lowest BCUT2D eigenvalue weighted by molar-refractivity contribution is -0.220. The second-order valence-electron chi connectivity index (χ2n) is 15.6. The van der Waals surface area contributed by atoms with Gasteiger partial charge in [0.15, 0.2) is 0 Å². The lowest BCUT2D eigenvalue weighted by atomic mass is 9.32. The molecule has 0 spiro atoms. The first-order chi connectivity index (χ1) is 16.6. The van der Waals surface area contributed by atoms with Gasteiger partial charge in [-0.3, -0.25) is 4.79 Å². The van der Waals surface area contributed by atoms with Crippen molar-refractivity contribution in [3.8, 4) is 6.07 Å². The molecule has 4 nitrogen and oxygen atoms in total. The Bertz CT molecular complexity index is 1020. The molecule has 0 amide bonds. The summed E-state index contributed by atoms with van der Waals surface area (Å²) < 4.78 is 0. The van der Waals surface area contributed by atoms with E-state index in [0.29, 0.717) is 23.7 Å². The topological polar surface area (TPSA) is 73.1 Å². The van der Waals surface area contributed by atoms with E-state index in [1.807, 2.05) is 0 Å². The number of fused-ring (bicyclic) bond motifs is 7. The maximum atomic E-state index is 14.5. The lowest BCUT2D eigenvalue weighted by Gasteiger charge is -2.72. The first kappa shape index (κ1) is 26.4. The Morgan fingerprint density at radius 3 is 2.31 bits per heavy atom. The number of hydrogen-bond acceptors (Lipinski definition) is 4. The van der Waals surface area contributed by atoms with Gasteiger partial charge < -0.3 is 10.4 Å². The van der Waals surface area contributed by atoms with Crippen LogP contribution in [-0.2, 0) is 4.79 Å². The summed E-state index contributed by atoms with van der Waals surface area (Å²) >= 11 is 0. The Morgan fingerprint density at radius 2 is 1.67 bits per heavy atom. The minimum atomic E-state index is -0.729. The molecule has 5 aliphatic rings. The van der Waals surface area contributed by atoms with E-state index in [1.54, 1.807) is 0 Å². The Kier molecular flexibility index (Phi) is 5.81. The molecule has 3 unspecified atom stereocenters. The van der Waals surface area contributed by atoms with Crippen LogP contribution in [0.25, 0.3) is 0 Å². The van der Waals surface area contributed by atoms with Gasteiger partial charge in [0.25, 0.3) is 0 Å². The Labute approximate surface area is 219 Å². The third-order valence-electron chi connectivity index (χ3n) is 13.2. The van der Waals surface area contributed by atoms with Crippen LogP contribution >= 0.6 is 0 Å². The zero-order chi connectivity index (χ0) is 26.5. The van der Waals surface area contributed by atoms with Crippen molar-refractivity contribution in [1.82, 2.24) is 5.32 Å². The number of carbonyl (C=O) groups is 1. The summed E-state index contributed by atoms with van der Waals surface area (Å²) in [6, 6.07) is 2.34. The summed E-state index contributed by atoms with van der Waals surface area (Å²) in [5.74, 6) is 1.44. The van der Waals surface area contributed by atoms with Crippen molar-refractivity contribution in [1.29, 1.82) is 5.26 Å². The minimum Gasteiger partial charge on any atom is -0.387 e. The van der Waals surface area contributed by atoms with Crippen LogP contribution in [0.15, 0.2) is 11.6 Å². The normalized spacial score (nSPS) is 51.1. The predicted molar refractivity (Wildman–Crippen MR) is 144 cm³/mol. The summed E-state index contributed by atoms with van der Waals surface area (Å²) in [7, 11) is 0. The summed E-state index contributed by atoms with van der Waals surface area (Å²) in [6.07, 6.45) is 9.95. The number of aliphatic hydroxyl groups excluding tert-OH is 1. The van der Waals surface area contributed by atoms with E-state index in [2.05, 4.69) is 72.9 Å². The fraction of sp³-hybridized carbons (Fsp3) is 0.875. The Morgan fingerprint density at radius 1 is 1.00 bits per heavy atom. The molecular formula is C32H50N2O2. The van der Waals surface area contributed by atoms with Crippen molar-refractivity contribution in [3.63, 3.8) is 0 Å². The molecule has 4 fully saturated rings. The number of aliphatic hydroxyl groups is 1. The molecule has 2 N–H and O–H groups in total. The molecule has 0 aromatic rings. The van der Waals surface area contributed by atoms with Gasteiger partial charge in [-0.2, -0.15) is 5.26 Å². The highest BCUT2D eigenvalue weighted by molar-refractivity contribution is 5.84. The van der Waals surface area contributed by atoms with Crippen molar-refractivity contribution >= 4 is 5.78 Å². The smallest absolute Gasteiger partial charge is 0.137 e. The van der Waals surface area contributed by atoms with Crippen LogP contribution in [0.1, 0.15) is 107 Å². The lowest BCUT2D eigenvalue weighted by Crippen LogP contribution is -2.71. The third kappa shape index (κ3) is 3.21. The molecule has 0 aliphatic heterocycles. The molecule has 4 heteroatoms. The molecule has 0 bridgehead atoms. The van der Waals surface area contributed by atoms with Crippen LogP contribution in [0.4, 0.5) is 0 Å². The van der Waals surface area contributed by atoms with E-state index in [1.165, 1.54) is 12.8 Å². The molecule has 200 valence electrons. The molecule has 0 saturated heterocycles. The van der Waals surface area contributed by atoms with Gasteiger partial charge in [0.2, 0.25) is 0 Å². The van der Waals surface area contributed by atoms with Gasteiger partial charge in [-0.05, 0) is 96.3 Å². The Balaban J connectivity index is 1.62. The standard InChI is InChI=1S/C32H50N2O2/c1-9-34-32-14-12-27(2,3)18-21(32)25-22(35)16-24-29(6)17-20(19-33)26(36)28(4,5)23(29)10-11-30(24,7)31(25,8)13-15-32/h17,21,23-26,34,36H,9-16,18H2,1-8H3/t21?,23-,24+,25?,26?,29-,30+,31+,32-/m0/s1. The Hall–Kier alpha value is -1.18. The maximum Gasteiger partial charge on any atom is 0.137 e. The second kappa shape index (κ2) is 7.92. The van der Waals surface area contributed by atoms with Crippen molar-refractivity contribution in [3.05, 3.63) is 11.6 Å². The molecule has 4 saturated carbocycles. The van der Waals surface area contributed by atoms with Crippen molar-refractivity contribution < 1.29 is 9.90 Å². The minimum absolute atomic E-state index is 0.0340. The average Bonchev–Trinajstić information content (AvgIpc) is 2.79. The third-order valence-corrected chi connectivity index (χ3v) is 13.2. The highest BCUT2D eigenvalue weighted by Gasteiger charge is 2.72. The monoisotopic (exact) mass is 494 g/mol. The highest BCUT2D eigenvalue weighted by Crippen LogP contribution is 2.75. The first-order valence-corrected chi connectivity index (χ1v) is 14.7. The van der Waals surface area contributed by atoms with Crippen LogP contribution in [-0.4, -0.2) is 29.1 Å². The fourth-order valence-corrected chi connectivity index (χ4v) is 11.1. The SMILES string of the molecule is CCN[C@]12CCC(C)(C)CC1C1C(=O)C[C@@H]3[C@@]4(C)C=C(C#N)C(O)C(C)(C)[C@@H]4CC[C@@]3(C)[C@]1(C)CC2. The van der Waals surface area contributed by atoms with E-state index in [0.717, 1.165) is 38.6 Å². The second-order valence-corrected chi connectivity index (χ2v) is 15.6. The zero-order valence-corrected chi connectivity index (χ0v) is 24.1. The van der Waals surface area contributed by atoms with Crippen LogP contribution in [0.2, 0.25) is 0 Å². The van der Waals surface area contributed by atoms with Gasteiger partial charge in [-0.15, -0.1) is 0 Å². The molecule has 0 aromatic carbocycles. The van der Waals surface area contributed by atoms with Crippen molar-refractivity contribution in [2.45, 2.75) is 118 Å². The maximum absolute atomic E-state index is 14.5. The van der Waals surface area contributed by atoms with E-state index in [4.69, 9.17) is 0 Å². The number of hydrogen-bond donors (Lipinski definition) is 2. The number of allylic oxidation sites excluding steroid dienone is 1. The van der Waals surface area contributed by atoms with Gasteiger partial charge in [-0.25, -0.2) is 0 Å². The van der Waals surface area contributed by atoms with Gasteiger partial charge in [0.1, 0.15) is 5.78 Å². The van der Waals surface area contributed by atoms with E-state index < -0.39 is 6.10 Å². The molecule has 0 heterocycles. The van der Waals surface area contributed by atoms with Crippen molar-refractivity contribution in [2.24, 2.45) is 50.7 Å². The van der Waals surface area contributed by atoms with Gasteiger partial charge in [0, 0.05) is 17.9 Å². The molecule has 9 atom stereocenters. The van der Waals surface area contributed by atoms with Gasteiger partial charge in [-0.1, -0.05) is 61.5 Å². The number of nitrogens with zero attached hydrogens (tertiary/aromatic N) is 1. The summed E-state index contributed by atoms with van der Waals surface area (Å²) in [6.45, 7) is 19.6. The van der Waals surface area contributed by atoms with Gasteiger partial charge >= 0.3 is 0 Å². The van der Waals surface area contributed by atoms with Crippen LogP contribution < -0.4 is 5.32 Å². The number of nitrogens with one attached hydrogen (secondary N) is 1. The average molecular weight is 495 g/mol. The molecule has 36 heavy (non-hydrogen) atoms. The molecule has 0 radical (unpaired) electrons. The zero-order valence-electron chi connectivity index (χ0n) is 24.1. The number of carbonyl (C=O) groups excluding carboxylic acids is 1. The van der Waals surface area contributed by atoms with Crippen LogP contribution in [0.3, 0.4) is 0 Å². The molecule has 5 rings (SSSR count). The fourth-order valence-electron chi connectivity index (χ4n) is 11.1. The van der Waals surface area contributed by atoms with E-state index >= 15 is 0 Å². The number of rotatable bonds is 2. The van der Waals surface area contributed by atoms with Crippen LogP contribution in [0, 0.1) is 62.1 Å². The summed E-state index contributed by atoms with van der Waals surface area (Å²) in [5.41, 5.74) is 0.233. The molecule has 0 aromatic heterocycles. The highest BCUT2D eigenvalue weighted by atomic mass is 16.3. The molecular weight excluding hydrogens is 444 g/mol. The predicted octanol–water partition coefficient (Wildman–Crippen LogP) is 6.44. The number of ketones is 1. The van der Waals surface area contributed by atoms with E-state index in [-0.39, 0.29) is 50.4 Å². The number of Topliss-reactive ketones (excluding diaryl/α,β-unsaturated/α-hetero) is 1. The molecule has 5 aliphatic carbocycles. The van der Waals surface area contributed by atoms with E-state index in [9.17, 15) is 15.2 Å². The quantitative estimate of drug-likeness (QED) is 0.463.